The molecule has 1 atom stereocenters. The number of hydrogen-bond donors (Lipinski definition) is 1. The van der Waals surface area contributed by atoms with Gasteiger partial charge in [0.25, 0.3) is 0 Å². The number of aromatic hydroxyl groups is 1. The molecular formula is C29H25N3O. The van der Waals surface area contributed by atoms with Crippen LogP contribution in [-0.4, -0.2) is 17.0 Å². The van der Waals surface area contributed by atoms with E-state index in [4.69, 9.17) is 5.10 Å². The van der Waals surface area contributed by atoms with E-state index < -0.39 is 0 Å². The average Bonchev–Trinajstić information content (AvgIpc) is 3.30. The van der Waals surface area contributed by atoms with E-state index in [2.05, 4.69) is 77.6 Å². The molecule has 33 heavy (non-hydrogen) atoms. The topological polar surface area (TPSA) is 48.2 Å². The summed E-state index contributed by atoms with van der Waals surface area (Å²) >= 11 is 0. The molecule has 1 N–H and O–H groups in total. The second-order valence-corrected chi connectivity index (χ2v) is 8.23. The van der Waals surface area contributed by atoms with Gasteiger partial charge >= 0.3 is 0 Å². The maximum Gasteiger partial charge on any atom is 0.141 e. The summed E-state index contributed by atoms with van der Waals surface area (Å²) in [6.45, 7) is 2.10. The Balaban J connectivity index is 1.44. The Morgan fingerprint density at radius 1 is 0.848 bits per heavy atom. The van der Waals surface area contributed by atoms with Gasteiger partial charge in [-0.15, -0.1) is 0 Å². The molecule has 0 saturated heterocycles. The highest BCUT2D eigenvalue weighted by molar-refractivity contribution is 6.03. The predicted octanol–water partition coefficient (Wildman–Crippen LogP) is 6.81. The molecule has 0 bridgehead atoms. The van der Waals surface area contributed by atoms with Crippen molar-refractivity contribution >= 4 is 23.3 Å². The van der Waals surface area contributed by atoms with Crippen molar-refractivity contribution in [2.24, 2.45) is 10.1 Å². The van der Waals surface area contributed by atoms with Crippen LogP contribution in [0.4, 0.5) is 11.4 Å². The first-order chi connectivity index (χ1) is 16.2. The number of rotatable bonds is 5. The Bertz CT molecular complexity index is 1290. The van der Waals surface area contributed by atoms with Crippen LogP contribution in [0.3, 0.4) is 0 Å². The Hall–Kier alpha value is -4.18. The number of hydrazone groups is 1. The summed E-state index contributed by atoms with van der Waals surface area (Å²) in [5.74, 6) is 0.172. The van der Waals surface area contributed by atoms with Crippen molar-refractivity contribution in [2.75, 3.05) is 5.01 Å². The van der Waals surface area contributed by atoms with Crippen LogP contribution in [0.25, 0.3) is 0 Å². The molecule has 0 spiro atoms. The highest BCUT2D eigenvalue weighted by Gasteiger charge is 2.29. The van der Waals surface area contributed by atoms with Gasteiger partial charge in [0.1, 0.15) is 11.4 Å². The number of hydrogen-bond acceptors (Lipinski definition) is 4. The molecule has 4 aromatic rings. The lowest BCUT2D eigenvalue weighted by molar-refractivity contribution is 0.477. The van der Waals surface area contributed by atoms with E-state index in [9.17, 15) is 5.11 Å². The SMILES string of the molecule is Cc1ccc(C2=NN(c3ccc(C=Nc4ccccc4O)cc3)C(c3ccccc3)C2)cc1. The maximum absolute atomic E-state index is 9.91. The number of anilines is 1. The van der Waals surface area contributed by atoms with Crippen LogP contribution < -0.4 is 5.01 Å². The van der Waals surface area contributed by atoms with E-state index in [0.717, 1.165) is 28.9 Å². The van der Waals surface area contributed by atoms with Gasteiger partial charge in [0, 0.05) is 12.6 Å². The molecule has 1 aliphatic heterocycles. The van der Waals surface area contributed by atoms with Crippen LogP contribution in [0.5, 0.6) is 5.75 Å². The molecule has 0 radical (unpaired) electrons. The third-order valence-corrected chi connectivity index (χ3v) is 5.87. The monoisotopic (exact) mass is 431 g/mol. The molecule has 4 aromatic carbocycles. The highest BCUT2D eigenvalue weighted by atomic mass is 16.3. The van der Waals surface area contributed by atoms with E-state index in [1.165, 1.54) is 11.1 Å². The fraction of sp³-hybridized carbons (Fsp3) is 0.103. The van der Waals surface area contributed by atoms with Crippen LogP contribution in [0.15, 0.2) is 113 Å². The van der Waals surface area contributed by atoms with Crippen molar-refractivity contribution in [3.8, 4) is 5.75 Å². The molecule has 0 amide bonds. The predicted molar refractivity (Wildman–Crippen MR) is 136 cm³/mol. The average molecular weight is 432 g/mol. The van der Waals surface area contributed by atoms with Crippen molar-refractivity contribution < 1.29 is 5.11 Å². The van der Waals surface area contributed by atoms with Crippen molar-refractivity contribution in [1.82, 2.24) is 0 Å². The standard InChI is InChI=1S/C29H25N3O/c1-21-11-15-23(16-12-21)27-19-28(24-7-3-2-4-8-24)32(31-27)25-17-13-22(14-18-25)20-30-26-9-5-6-10-29(26)33/h2-18,20,28,33H,19H2,1H3. The van der Waals surface area contributed by atoms with Crippen molar-refractivity contribution in [2.45, 2.75) is 19.4 Å². The van der Waals surface area contributed by atoms with Crippen LogP contribution in [0, 0.1) is 6.92 Å². The lowest BCUT2D eigenvalue weighted by atomic mass is 9.98. The van der Waals surface area contributed by atoms with Crippen LogP contribution in [-0.2, 0) is 0 Å². The smallest absolute Gasteiger partial charge is 0.141 e. The Labute approximate surface area is 194 Å². The zero-order valence-corrected chi connectivity index (χ0v) is 18.5. The minimum Gasteiger partial charge on any atom is -0.506 e. The number of aliphatic imine (C=N–C) groups is 1. The normalized spacial score (nSPS) is 15.7. The lowest BCUT2D eigenvalue weighted by Gasteiger charge is -2.24. The molecule has 1 aliphatic rings. The first-order valence-corrected chi connectivity index (χ1v) is 11.1. The van der Waals surface area contributed by atoms with E-state index in [1.54, 1.807) is 24.4 Å². The zero-order chi connectivity index (χ0) is 22.6. The van der Waals surface area contributed by atoms with Gasteiger partial charge in [0.05, 0.1) is 17.4 Å². The number of phenols is 1. The summed E-state index contributed by atoms with van der Waals surface area (Å²) in [5.41, 5.74) is 7.29. The largest absolute Gasteiger partial charge is 0.506 e. The molecule has 162 valence electrons. The summed E-state index contributed by atoms with van der Waals surface area (Å²) in [7, 11) is 0. The van der Waals surface area contributed by atoms with Gasteiger partial charge in [-0.25, -0.2) is 0 Å². The Morgan fingerprint density at radius 2 is 1.55 bits per heavy atom. The van der Waals surface area contributed by atoms with Crippen molar-refractivity contribution in [1.29, 1.82) is 0 Å². The molecule has 5 rings (SSSR count). The van der Waals surface area contributed by atoms with Gasteiger partial charge in [0.2, 0.25) is 0 Å². The van der Waals surface area contributed by atoms with E-state index in [-0.39, 0.29) is 11.8 Å². The second-order valence-electron chi connectivity index (χ2n) is 8.23. The molecule has 1 heterocycles. The number of nitrogens with zero attached hydrogens (tertiary/aromatic N) is 3. The molecule has 0 saturated carbocycles. The fourth-order valence-electron chi connectivity index (χ4n) is 4.03. The summed E-state index contributed by atoms with van der Waals surface area (Å²) in [6.07, 6.45) is 2.61. The molecule has 0 fully saturated rings. The fourth-order valence-corrected chi connectivity index (χ4v) is 4.03. The van der Waals surface area contributed by atoms with Crippen LogP contribution in [0.2, 0.25) is 0 Å². The Kier molecular flexibility index (Phi) is 5.73. The minimum absolute atomic E-state index is 0.142. The number of benzene rings is 4. The summed E-state index contributed by atoms with van der Waals surface area (Å²) in [4.78, 5) is 4.41. The summed E-state index contributed by atoms with van der Waals surface area (Å²) in [6, 6.07) is 34.5. The third kappa shape index (κ3) is 4.55. The molecular weight excluding hydrogens is 406 g/mol. The van der Waals surface area contributed by atoms with Gasteiger partial charge < -0.3 is 5.11 Å². The van der Waals surface area contributed by atoms with E-state index in [0.29, 0.717) is 5.69 Å². The molecule has 0 aliphatic carbocycles. The quantitative estimate of drug-likeness (QED) is 0.353. The van der Waals surface area contributed by atoms with Crippen molar-refractivity contribution in [3.05, 3.63) is 125 Å². The molecule has 1 unspecified atom stereocenters. The van der Waals surface area contributed by atoms with Gasteiger partial charge in [-0.1, -0.05) is 84.4 Å². The van der Waals surface area contributed by atoms with Gasteiger partial charge in [0.15, 0.2) is 0 Å². The van der Waals surface area contributed by atoms with Crippen LogP contribution in [0.1, 0.15) is 34.7 Å². The summed E-state index contributed by atoms with van der Waals surface area (Å²) < 4.78 is 0. The van der Waals surface area contributed by atoms with Gasteiger partial charge in [-0.05, 0) is 47.9 Å². The first-order valence-electron chi connectivity index (χ1n) is 11.1. The van der Waals surface area contributed by atoms with E-state index in [1.807, 2.05) is 24.3 Å². The number of para-hydroxylation sites is 2. The zero-order valence-electron chi connectivity index (χ0n) is 18.5. The van der Waals surface area contributed by atoms with Crippen LogP contribution >= 0.6 is 0 Å². The molecule has 0 aromatic heterocycles. The highest BCUT2D eigenvalue weighted by Crippen LogP contribution is 2.36. The Morgan fingerprint density at radius 3 is 2.27 bits per heavy atom. The lowest BCUT2D eigenvalue weighted by Crippen LogP contribution is -2.18. The molecule has 4 heteroatoms. The third-order valence-electron chi connectivity index (χ3n) is 5.87. The number of phenolic OH excluding ortho intramolecular Hbond substituents is 1. The second kappa shape index (κ2) is 9.13. The molecule has 4 nitrogen and oxygen atoms in total. The minimum atomic E-state index is 0.142. The van der Waals surface area contributed by atoms with E-state index >= 15 is 0 Å². The van der Waals surface area contributed by atoms with Gasteiger partial charge in [-0.2, -0.15) is 5.10 Å². The first kappa shape index (κ1) is 20.7. The van der Waals surface area contributed by atoms with Crippen molar-refractivity contribution in [3.63, 3.8) is 0 Å². The maximum atomic E-state index is 9.91. The number of aryl methyl sites for hydroxylation is 1. The summed E-state index contributed by atoms with van der Waals surface area (Å²) in [5, 5.41) is 17.1. The van der Waals surface area contributed by atoms with Gasteiger partial charge in [-0.3, -0.25) is 10.0 Å².